The molecule has 3 aromatic carbocycles. The Hall–Kier alpha value is -3.04. The van der Waals surface area contributed by atoms with E-state index in [1.807, 2.05) is 54.6 Å². The van der Waals surface area contributed by atoms with Crippen molar-refractivity contribution in [3.05, 3.63) is 77.8 Å². The van der Waals surface area contributed by atoms with Gasteiger partial charge in [0.05, 0.1) is 11.2 Å². The van der Waals surface area contributed by atoms with Gasteiger partial charge in [-0.3, -0.25) is 0 Å². The third-order valence-electron chi connectivity index (χ3n) is 4.69. The zero-order valence-corrected chi connectivity index (χ0v) is 15.2. The number of halogens is 1. The van der Waals surface area contributed by atoms with E-state index in [2.05, 4.69) is 18.2 Å². The summed E-state index contributed by atoms with van der Waals surface area (Å²) in [5.41, 5.74) is 5.03. The first-order valence-corrected chi connectivity index (χ1v) is 9.21. The Balaban J connectivity index is 1.73. The molecule has 0 N–H and O–H groups in total. The van der Waals surface area contributed by atoms with Crippen LogP contribution in [0.15, 0.2) is 72.8 Å². The van der Waals surface area contributed by atoms with E-state index in [-0.39, 0.29) is 0 Å². The summed E-state index contributed by atoms with van der Waals surface area (Å²) < 4.78 is 11.4. The molecule has 1 aromatic heterocycles. The summed E-state index contributed by atoms with van der Waals surface area (Å²) >= 11 is 6.26. The van der Waals surface area contributed by atoms with Crippen LogP contribution in [0.1, 0.15) is 0 Å². The summed E-state index contributed by atoms with van der Waals surface area (Å²) in [6.07, 6.45) is 0. The van der Waals surface area contributed by atoms with Crippen molar-refractivity contribution in [1.29, 1.82) is 0 Å². The summed E-state index contributed by atoms with van der Waals surface area (Å²) in [7, 11) is 0. The zero-order valence-electron chi connectivity index (χ0n) is 14.5. The summed E-state index contributed by atoms with van der Waals surface area (Å²) in [6, 6.07) is 24.2. The van der Waals surface area contributed by atoms with Crippen LogP contribution in [0.3, 0.4) is 0 Å². The lowest BCUT2D eigenvalue weighted by atomic mass is 9.98. The number of nitrogens with zero attached hydrogens (tertiary/aromatic N) is 1. The number of aromatic nitrogens is 1. The van der Waals surface area contributed by atoms with E-state index < -0.39 is 0 Å². The predicted molar refractivity (Wildman–Crippen MR) is 109 cm³/mol. The molecule has 4 heteroatoms. The van der Waals surface area contributed by atoms with Gasteiger partial charge in [0.2, 0.25) is 0 Å². The molecular formula is C23H16ClNO2. The third-order valence-corrected chi connectivity index (χ3v) is 4.93. The number of benzene rings is 3. The largest absolute Gasteiger partial charge is 0.486 e. The zero-order chi connectivity index (χ0) is 18.2. The molecule has 0 aliphatic carbocycles. The standard InChI is InChI=1S/C23H16ClNO2/c24-17-7-8-20-19(13-17)18(15-4-2-1-3-5-15)14-21(25-20)16-6-9-22-23(12-16)27-11-10-26-22/h1-9,12-14H,10-11H2. The fourth-order valence-corrected chi connectivity index (χ4v) is 3.58. The maximum Gasteiger partial charge on any atom is 0.162 e. The Bertz CT molecular complexity index is 1140. The van der Waals surface area contributed by atoms with Crippen molar-refractivity contribution >= 4 is 22.5 Å². The molecule has 0 saturated carbocycles. The first kappa shape index (κ1) is 16.2. The first-order valence-electron chi connectivity index (χ1n) is 8.84. The predicted octanol–water partition coefficient (Wildman–Crippen LogP) is 5.99. The van der Waals surface area contributed by atoms with Crippen molar-refractivity contribution in [2.75, 3.05) is 13.2 Å². The van der Waals surface area contributed by atoms with Crippen LogP contribution in [0.2, 0.25) is 5.02 Å². The second-order valence-electron chi connectivity index (χ2n) is 6.44. The highest BCUT2D eigenvalue weighted by Gasteiger charge is 2.15. The highest BCUT2D eigenvalue weighted by Crippen LogP contribution is 2.37. The molecule has 27 heavy (non-hydrogen) atoms. The van der Waals surface area contributed by atoms with Crippen molar-refractivity contribution < 1.29 is 9.47 Å². The Kier molecular flexibility index (Phi) is 3.95. The van der Waals surface area contributed by atoms with Crippen molar-refractivity contribution in [3.8, 4) is 33.9 Å². The lowest BCUT2D eigenvalue weighted by molar-refractivity contribution is 0.171. The number of pyridine rings is 1. The van der Waals surface area contributed by atoms with Crippen LogP contribution in [0.5, 0.6) is 11.5 Å². The Labute approximate surface area is 162 Å². The molecule has 0 bridgehead atoms. The molecular weight excluding hydrogens is 358 g/mol. The summed E-state index contributed by atoms with van der Waals surface area (Å²) in [5, 5.41) is 1.74. The van der Waals surface area contributed by atoms with Gasteiger partial charge in [-0.15, -0.1) is 0 Å². The van der Waals surface area contributed by atoms with Gasteiger partial charge in [-0.25, -0.2) is 4.98 Å². The molecule has 0 radical (unpaired) electrons. The van der Waals surface area contributed by atoms with Crippen LogP contribution < -0.4 is 9.47 Å². The van der Waals surface area contributed by atoms with Gasteiger partial charge in [0, 0.05) is 16.0 Å². The van der Waals surface area contributed by atoms with Crippen molar-refractivity contribution in [1.82, 2.24) is 4.98 Å². The second kappa shape index (κ2) is 6.60. The van der Waals surface area contributed by atoms with Gasteiger partial charge in [-0.1, -0.05) is 41.9 Å². The van der Waals surface area contributed by atoms with E-state index >= 15 is 0 Å². The molecule has 132 valence electrons. The molecule has 0 atom stereocenters. The normalized spacial score (nSPS) is 12.9. The Morgan fingerprint density at radius 2 is 1.56 bits per heavy atom. The number of ether oxygens (including phenoxy) is 2. The number of hydrogen-bond acceptors (Lipinski definition) is 3. The van der Waals surface area contributed by atoms with Crippen LogP contribution >= 0.6 is 11.6 Å². The lowest BCUT2D eigenvalue weighted by Gasteiger charge is -2.19. The minimum Gasteiger partial charge on any atom is -0.486 e. The van der Waals surface area contributed by atoms with E-state index in [1.54, 1.807) is 0 Å². The summed E-state index contributed by atoms with van der Waals surface area (Å²) in [6.45, 7) is 1.15. The van der Waals surface area contributed by atoms with E-state index in [1.165, 1.54) is 0 Å². The molecule has 4 aromatic rings. The van der Waals surface area contributed by atoms with E-state index in [4.69, 9.17) is 26.1 Å². The van der Waals surface area contributed by atoms with E-state index in [0.717, 1.165) is 44.8 Å². The highest BCUT2D eigenvalue weighted by molar-refractivity contribution is 6.31. The molecule has 0 fully saturated rings. The van der Waals surface area contributed by atoms with Crippen LogP contribution in [0.4, 0.5) is 0 Å². The average Bonchev–Trinajstić information content (AvgIpc) is 2.73. The van der Waals surface area contributed by atoms with Gasteiger partial charge in [-0.2, -0.15) is 0 Å². The molecule has 1 aliphatic heterocycles. The minimum absolute atomic E-state index is 0.565. The maximum atomic E-state index is 6.26. The van der Waals surface area contributed by atoms with Crippen LogP contribution in [0.25, 0.3) is 33.3 Å². The van der Waals surface area contributed by atoms with Gasteiger partial charge in [-0.05, 0) is 53.6 Å². The fourth-order valence-electron chi connectivity index (χ4n) is 3.41. The van der Waals surface area contributed by atoms with Crippen molar-refractivity contribution in [3.63, 3.8) is 0 Å². The highest BCUT2D eigenvalue weighted by atomic mass is 35.5. The first-order chi connectivity index (χ1) is 13.3. The molecule has 1 aliphatic rings. The monoisotopic (exact) mass is 373 g/mol. The van der Waals surface area contributed by atoms with Gasteiger partial charge in [0.1, 0.15) is 13.2 Å². The molecule has 2 heterocycles. The Morgan fingerprint density at radius 3 is 2.41 bits per heavy atom. The van der Waals surface area contributed by atoms with Crippen molar-refractivity contribution in [2.45, 2.75) is 0 Å². The second-order valence-corrected chi connectivity index (χ2v) is 6.88. The molecule has 0 spiro atoms. The van der Waals surface area contributed by atoms with Gasteiger partial charge in [0.25, 0.3) is 0 Å². The SMILES string of the molecule is Clc1ccc2nc(-c3ccc4c(c3)OCCO4)cc(-c3ccccc3)c2c1. The lowest BCUT2D eigenvalue weighted by Crippen LogP contribution is -2.15. The smallest absolute Gasteiger partial charge is 0.162 e. The van der Waals surface area contributed by atoms with Gasteiger partial charge in [0.15, 0.2) is 11.5 Å². The number of fused-ring (bicyclic) bond motifs is 2. The third kappa shape index (κ3) is 3.00. The van der Waals surface area contributed by atoms with E-state index in [0.29, 0.717) is 18.2 Å². The minimum atomic E-state index is 0.565. The number of hydrogen-bond donors (Lipinski definition) is 0. The fraction of sp³-hybridized carbons (Fsp3) is 0.0870. The molecule has 0 saturated heterocycles. The summed E-state index contributed by atoms with van der Waals surface area (Å²) in [5.74, 6) is 1.54. The molecule has 5 rings (SSSR count). The topological polar surface area (TPSA) is 31.4 Å². The molecule has 0 unspecified atom stereocenters. The van der Waals surface area contributed by atoms with Crippen LogP contribution in [-0.2, 0) is 0 Å². The van der Waals surface area contributed by atoms with Crippen LogP contribution in [0, 0.1) is 0 Å². The van der Waals surface area contributed by atoms with Gasteiger partial charge >= 0.3 is 0 Å². The average molecular weight is 374 g/mol. The van der Waals surface area contributed by atoms with Crippen LogP contribution in [-0.4, -0.2) is 18.2 Å². The summed E-state index contributed by atoms with van der Waals surface area (Å²) in [4.78, 5) is 4.87. The number of rotatable bonds is 2. The Morgan fingerprint density at radius 1 is 0.741 bits per heavy atom. The maximum absolute atomic E-state index is 6.26. The van der Waals surface area contributed by atoms with Crippen molar-refractivity contribution in [2.24, 2.45) is 0 Å². The van der Waals surface area contributed by atoms with Gasteiger partial charge < -0.3 is 9.47 Å². The van der Waals surface area contributed by atoms with E-state index in [9.17, 15) is 0 Å². The quantitative estimate of drug-likeness (QED) is 0.432. The molecule has 3 nitrogen and oxygen atoms in total. The molecule has 0 amide bonds.